The first kappa shape index (κ1) is 10.3. The molecule has 3 nitrogen and oxygen atoms in total. The van der Waals surface area contributed by atoms with Gasteiger partial charge in [-0.1, -0.05) is 0 Å². The van der Waals surface area contributed by atoms with Crippen LogP contribution in [0.4, 0.5) is 0 Å². The molecule has 0 spiro atoms. The zero-order valence-electron chi connectivity index (χ0n) is 8.21. The fraction of sp³-hybridized carbons (Fsp3) is 0.600. The monoisotopic (exact) mass is 183 g/mol. The zero-order valence-corrected chi connectivity index (χ0v) is 8.21. The van der Waals surface area contributed by atoms with Gasteiger partial charge in [-0.2, -0.15) is 0 Å². The van der Waals surface area contributed by atoms with Crippen molar-refractivity contribution in [2.24, 2.45) is 0 Å². The summed E-state index contributed by atoms with van der Waals surface area (Å²) in [4.78, 5) is 0. The summed E-state index contributed by atoms with van der Waals surface area (Å²) in [6.07, 6.45) is 2.40. The minimum Gasteiger partial charge on any atom is -0.468 e. The SMILES string of the molecule is CC(C)(O)CCNCc1ccco1. The Kier molecular flexibility index (Phi) is 3.51. The van der Waals surface area contributed by atoms with Gasteiger partial charge in [0.25, 0.3) is 0 Å². The van der Waals surface area contributed by atoms with Crippen molar-refractivity contribution in [1.82, 2.24) is 5.32 Å². The third-order valence-corrected chi connectivity index (χ3v) is 1.79. The van der Waals surface area contributed by atoms with Crippen LogP contribution in [0.1, 0.15) is 26.0 Å². The minimum atomic E-state index is -0.587. The lowest BCUT2D eigenvalue weighted by atomic mass is 10.1. The van der Waals surface area contributed by atoms with Crippen LogP contribution in [0.5, 0.6) is 0 Å². The lowest BCUT2D eigenvalue weighted by Crippen LogP contribution is -2.26. The summed E-state index contributed by atoms with van der Waals surface area (Å²) in [5, 5.41) is 12.6. The van der Waals surface area contributed by atoms with E-state index in [0.717, 1.165) is 25.3 Å². The van der Waals surface area contributed by atoms with Crippen LogP contribution in [0.3, 0.4) is 0 Å². The number of hydrogen-bond donors (Lipinski definition) is 2. The van der Waals surface area contributed by atoms with Crippen LogP contribution in [-0.4, -0.2) is 17.3 Å². The van der Waals surface area contributed by atoms with Gasteiger partial charge < -0.3 is 14.8 Å². The first-order chi connectivity index (χ1) is 6.08. The summed E-state index contributed by atoms with van der Waals surface area (Å²) in [5.74, 6) is 0.927. The van der Waals surface area contributed by atoms with E-state index in [-0.39, 0.29) is 0 Å². The minimum absolute atomic E-state index is 0.587. The Balaban J connectivity index is 2.09. The van der Waals surface area contributed by atoms with E-state index in [1.807, 2.05) is 26.0 Å². The Morgan fingerprint density at radius 3 is 2.85 bits per heavy atom. The largest absolute Gasteiger partial charge is 0.468 e. The Morgan fingerprint density at radius 1 is 1.54 bits per heavy atom. The van der Waals surface area contributed by atoms with E-state index in [4.69, 9.17) is 4.42 Å². The first-order valence-electron chi connectivity index (χ1n) is 4.53. The maximum Gasteiger partial charge on any atom is 0.117 e. The standard InChI is InChI=1S/C10H17NO2/c1-10(2,12)5-6-11-8-9-4-3-7-13-9/h3-4,7,11-12H,5-6,8H2,1-2H3. The van der Waals surface area contributed by atoms with Crippen molar-refractivity contribution in [1.29, 1.82) is 0 Å². The second-order valence-electron chi connectivity index (χ2n) is 3.82. The summed E-state index contributed by atoms with van der Waals surface area (Å²) in [6.45, 7) is 5.14. The second kappa shape index (κ2) is 4.44. The quantitative estimate of drug-likeness (QED) is 0.680. The molecule has 0 fully saturated rings. The number of rotatable bonds is 5. The van der Waals surface area contributed by atoms with Crippen molar-refractivity contribution < 1.29 is 9.52 Å². The van der Waals surface area contributed by atoms with Crippen LogP contribution < -0.4 is 5.32 Å². The van der Waals surface area contributed by atoms with E-state index in [0.29, 0.717) is 0 Å². The Bertz CT molecular complexity index is 224. The third kappa shape index (κ3) is 4.70. The molecule has 0 aliphatic rings. The lowest BCUT2D eigenvalue weighted by Gasteiger charge is -2.16. The number of furan rings is 1. The molecule has 0 atom stereocenters. The molecule has 0 radical (unpaired) electrons. The molecule has 74 valence electrons. The Morgan fingerprint density at radius 2 is 2.31 bits per heavy atom. The fourth-order valence-corrected chi connectivity index (χ4v) is 1.02. The van der Waals surface area contributed by atoms with E-state index in [2.05, 4.69) is 5.32 Å². The first-order valence-corrected chi connectivity index (χ1v) is 4.53. The Labute approximate surface area is 78.8 Å². The van der Waals surface area contributed by atoms with Gasteiger partial charge in [0, 0.05) is 0 Å². The molecule has 1 heterocycles. The van der Waals surface area contributed by atoms with Gasteiger partial charge in [-0.3, -0.25) is 0 Å². The van der Waals surface area contributed by atoms with E-state index >= 15 is 0 Å². The maximum absolute atomic E-state index is 9.41. The predicted octanol–water partition coefficient (Wildman–Crippen LogP) is 1.53. The van der Waals surface area contributed by atoms with Gasteiger partial charge in [0.15, 0.2) is 0 Å². The van der Waals surface area contributed by atoms with Crippen LogP contribution in [0.15, 0.2) is 22.8 Å². The molecule has 3 heteroatoms. The zero-order chi connectivity index (χ0) is 9.73. The van der Waals surface area contributed by atoms with E-state index in [1.165, 1.54) is 0 Å². The molecule has 0 amide bonds. The smallest absolute Gasteiger partial charge is 0.117 e. The van der Waals surface area contributed by atoms with Gasteiger partial charge >= 0.3 is 0 Å². The van der Waals surface area contributed by atoms with Gasteiger partial charge in [-0.15, -0.1) is 0 Å². The average Bonchev–Trinajstić information content (AvgIpc) is 2.48. The Hall–Kier alpha value is -0.800. The molecular formula is C10H17NO2. The highest BCUT2D eigenvalue weighted by molar-refractivity contribution is 4.97. The van der Waals surface area contributed by atoms with Crippen LogP contribution in [0.2, 0.25) is 0 Å². The van der Waals surface area contributed by atoms with Gasteiger partial charge in [-0.05, 0) is 38.9 Å². The van der Waals surface area contributed by atoms with Crippen LogP contribution in [-0.2, 0) is 6.54 Å². The predicted molar refractivity (Wildman–Crippen MR) is 51.3 cm³/mol. The van der Waals surface area contributed by atoms with E-state index in [1.54, 1.807) is 6.26 Å². The molecule has 0 aliphatic carbocycles. The molecule has 2 N–H and O–H groups in total. The summed E-state index contributed by atoms with van der Waals surface area (Å²) >= 11 is 0. The molecule has 0 aliphatic heterocycles. The average molecular weight is 183 g/mol. The van der Waals surface area contributed by atoms with E-state index in [9.17, 15) is 5.11 Å². The summed E-state index contributed by atoms with van der Waals surface area (Å²) in [7, 11) is 0. The second-order valence-corrected chi connectivity index (χ2v) is 3.82. The topological polar surface area (TPSA) is 45.4 Å². The highest BCUT2D eigenvalue weighted by Gasteiger charge is 2.10. The number of aliphatic hydroxyl groups is 1. The van der Waals surface area contributed by atoms with Crippen molar-refractivity contribution in [3.63, 3.8) is 0 Å². The molecule has 0 saturated heterocycles. The number of hydrogen-bond acceptors (Lipinski definition) is 3. The molecule has 0 aromatic carbocycles. The molecule has 0 bridgehead atoms. The van der Waals surface area contributed by atoms with E-state index < -0.39 is 5.60 Å². The van der Waals surface area contributed by atoms with Crippen molar-refractivity contribution in [2.75, 3.05) is 6.54 Å². The molecule has 0 unspecified atom stereocenters. The maximum atomic E-state index is 9.41. The lowest BCUT2D eigenvalue weighted by molar-refractivity contribution is 0.0710. The van der Waals surface area contributed by atoms with Gasteiger partial charge in [-0.25, -0.2) is 0 Å². The van der Waals surface area contributed by atoms with Gasteiger partial charge in [0.2, 0.25) is 0 Å². The highest BCUT2D eigenvalue weighted by atomic mass is 16.3. The van der Waals surface area contributed by atoms with Crippen LogP contribution in [0.25, 0.3) is 0 Å². The number of nitrogens with one attached hydrogen (secondary N) is 1. The molecule has 13 heavy (non-hydrogen) atoms. The van der Waals surface area contributed by atoms with Crippen LogP contribution >= 0.6 is 0 Å². The van der Waals surface area contributed by atoms with Crippen molar-refractivity contribution in [2.45, 2.75) is 32.4 Å². The van der Waals surface area contributed by atoms with Gasteiger partial charge in [0.1, 0.15) is 5.76 Å². The van der Waals surface area contributed by atoms with Crippen molar-refractivity contribution >= 4 is 0 Å². The molecule has 1 aromatic heterocycles. The highest BCUT2D eigenvalue weighted by Crippen LogP contribution is 2.05. The summed E-state index contributed by atoms with van der Waals surface area (Å²) < 4.78 is 5.14. The fourth-order valence-electron chi connectivity index (χ4n) is 1.02. The molecular weight excluding hydrogens is 166 g/mol. The molecule has 1 aromatic rings. The third-order valence-electron chi connectivity index (χ3n) is 1.79. The summed E-state index contributed by atoms with van der Waals surface area (Å²) in [6, 6.07) is 3.80. The van der Waals surface area contributed by atoms with Gasteiger partial charge in [0.05, 0.1) is 18.4 Å². The molecule has 0 saturated carbocycles. The van der Waals surface area contributed by atoms with Crippen LogP contribution in [0, 0.1) is 0 Å². The summed E-state index contributed by atoms with van der Waals surface area (Å²) in [5.41, 5.74) is -0.587. The molecule has 1 rings (SSSR count). The van der Waals surface area contributed by atoms with Crippen molar-refractivity contribution in [3.05, 3.63) is 24.2 Å². The normalized spacial score (nSPS) is 11.9. The van der Waals surface area contributed by atoms with Crippen molar-refractivity contribution in [3.8, 4) is 0 Å².